The van der Waals surface area contributed by atoms with E-state index in [1.165, 1.54) is 11.1 Å². The average molecular weight is 595 g/mol. The highest BCUT2D eigenvalue weighted by atomic mass is 15.3. The molecule has 0 radical (unpaired) electrons. The van der Waals surface area contributed by atoms with E-state index in [0.717, 1.165) is 53.1 Å². The van der Waals surface area contributed by atoms with Crippen LogP contribution in [0.2, 0.25) is 0 Å². The van der Waals surface area contributed by atoms with E-state index in [9.17, 15) is 0 Å². The molecule has 3 aromatic rings. The molecule has 44 heavy (non-hydrogen) atoms. The smallest absolute Gasteiger partial charge is 0.254 e. The first-order valence-corrected chi connectivity index (χ1v) is 15.8. The summed E-state index contributed by atoms with van der Waals surface area (Å²) in [7, 11) is 0. The molecule has 0 spiro atoms. The van der Waals surface area contributed by atoms with E-state index in [-0.39, 0.29) is 21.7 Å². The number of rotatable bonds is 4. The Labute approximate surface area is 262 Å². The maximum absolute atomic E-state index is 5.19. The summed E-state index contributed by atoms with van der Waals surface area (Å²) >= 11 is 0. The maximum Gasteiger partial charge on any atom is 0.254 e. The van der Waals surface area contributed by atoms with Crippen molar-refractivity contribution >= 4 is 46.3 Å². The Hall–Kier alpha value is -3.68. The molecule has 0 saturated carbocycles. The molecule has 0 aromatic carbocycles. The molecule has 8 bridgehead atoms. The predicted octanol–water partition coefficient (Wildman–Crippen LogP) is 8.92. The normalized spacial score (nSPS) is 14.3. The SMILES string of the molecule is CC(C)(C)CC1=Nc2nc1c(CC(C)(C)C)c1[nH]c(cc3nc(cc4nnc(n2)n4CC(C)(C)C)C=C3)cc1CC(C)(C)C. The Morgan fingerprint density at radius 3 is 1.91 bits per heavy atom. The van der Waals surface area contributed by atoms with Crippen molar-refractivity contribution < 1.29 is 0 Å². The first kappa shape index (κ1) is 31.7. The second-order valence-corrected chi connectivity index (χ2v) is 17.3. The van der Waals surface area contributed by atoms with Crippen LogP contribution in [0.15, 0.2) is 23.2 Å². The summed E-state index contributed by atoms with van der Waals surface area (Å²) in [6.07, 6.45) is 6.61. The number of H-pyrrole nitrogens is 1. The standard InChI is InChI=1S/C36H50N8/c1-33(2,3)18-22-15-25-16-23-13-14-24(37-23)17-28-42-43-32(44(28)21-36(10,11)12)41-31-39-27(20-35(7,8)9)30(40-31)26(29(22)38-25)19-34(4,5)6/h13-17,38H,18-21H2,1-12H3. The van der Waals surface area contributed by atoms with E-state index >= 15 is 0 Å². The summed E-state index contributed by atoms with van der Waals surface area (Å²) in [5.74, 6) is 0.930. The van der Waals surface area contributed by atoms with Crippen LogP contribution in [0.25, 0.3) is 34.6 Å². The second kappa shape index (κ2) is 11.0. The lowest BCUT2D eigenvalue weighted by Crippen LogP contribution is -2.18. The summed E-state index contributed by atoms with van der Waals surface area (Å²) in [5.41, 5.74) is 9.06. The molecule has 234 valence electrons. The van der Waals surface area contributed by atoms with Crippen molar-refractivity contribution in [1.82, 2.24) is 34.7 Å². The van der Waals surface area contributed by atoms with E-state index in [0.29, 0.717) is 23.9 Å². The Bertz CT molecular complexity index is 1790. The van der Waals surface area contributed by atoms with Gasteiger partial charge in [0, 0.05) is 29.2 Å². The van der Waals surface area contributed by atoms with E-state index in [1.807, 2.05) is 12.1 Å². The van der Waals surface area contributed by atoms with Crippen molar-refractivity contribution in [2.45, 2.75) is 109 Å². The summed E-state index contributed by atoms with van der Waals surface area (Å²) in [6, 6.07) is 6.40. The Morgan fingerprint density at radius 2 is 1.30 bits per heavy atom. The zero-order chi connectivity index (χ0) is 32.2. The molecule has 0 saturated heterocycles. The lowest BCUT2D eigenvalue weighted by Gasteiger charge is -2.23. The van der Waals surface area contributed by atoms with Gasteiger partial charge in [-0.25, -0.2) is 15.0 Å². The highest BCUT2D eigenvalue weighted by Crippen LogP contribution is 2.35. The zero-order valence-corrected chi connectivity index (χ0v) is 28.8. The number of hydrogen-bond acceptors (Lipinski definition) is 6. The van der Waals surface area contributed by atoms with Gasteiger partial charge in [0.2, 0.25) is 0 Å². The van der Waals surface area contributed by atoms with Gasteiger partial charge in [0.15, 0.2) is 5.65 Å². The van der Waals surface area contributed by atoms with E-state index < -0.39 is 0 Å². The van der Waals surface area contributed by atoms with Crippen LogP contribution in [0.5, 0.6) is 0 Å². The molecule has 5 heterocycles. The van der Waals surface area contributed by atoms with Gasteiger partial charge in [-0.15, -0.1) is 10.2 Å². The highest BCUT2D eigenvalue weighted by molar-refractivity contribution is 6.04. The first-order valence-electron chi connectivity index (χ1n) is 15.8. The van der Waals surface area contributed by atoms with Crippen LogP contribution in [-0.4, -0.2) is 40.4 Å². The van der Waals surface area contributed by atoms with Crippen LogP contribution in [0.4, 0.5) is 5.95 Å². The van der Waals surface area contributed by atoms with Crippen molar-refractivity contribution in [1.29, 1.82) is 0 Å². The van der Waals surface area contributed by atoms with E-state index in [2.05, 4.69) is 121 Å². The van der Waals surface area contributed by atoms with Crippen LogP contribution in [-0.2, 0) is 19.4 Å². The molecule has 0 aliphatic carbocycles. The lowest BCUT2D eigenvalue weighted by molar-refractivity contribution is 0.352. The van der Waals surface area contributed by atoms with Crippen LogP contribution < -0.4 is 0 Å². The molecule has 2 aliphatic heterocycles. The van der Waals surface area contributed by atoms with Gasteiger partial charge in [-0.1, -0.05) is 83.1 Å². The Morgan fingerprint density at radius 1 is 0.659 bits per heavy atom. The molecule has 2 aliphatic rings. The molecule has 8 heteroatoms. The van der Waals surface area contributed by atoms with Gasteiger partial charge in [-0.05, 0) is 70.8 Å². The van der Waals surface area contributed by atoms with Crippen molar-refractivity contribution in [2.75, 3.05) is 0 Å². The molecular weight excluding hydrogens is 544 g/mol. The summed E-state index contributed by atoms with van der Waals surface area (Å²) in [5, 5.41) is 9.06. The number of aromatic amines is 1. The molecule has 0 amide bonds. The third kappa shape index (κ3) is 7.88. The van der Waals surface area contributed by atoms with Crippen molar-refractivity contribution in [3.05, 3.63) is 46.4 Å². The van der Waals surface area contributed by atoms with Crippen molar-refractivity contribution in [3.63, 3.8) is 0 Å². The number of hydrogen-bond donors (Lipinski definition) is 1. The maximum atomic E-state index is 5.19. The molecule has 0 atom stereocenters. The second-order valence-electron chi connectivity index (χ2n) is 17.3. The molecular formula is C36H50N8. The van der Waals surface area contributed by atoms with Crippen LogP contribution in [0.3, 0.4) is 0 Å². The third-order valence-electron chi connectivity index (χ3n) is 7.21. The Balaban J connectivity index is 1.96. The largest absolute Gasteiger partial charge is 0.355 e. The predicted molar refractivity (Wildman–Crippen MR) is 183 cm³/mol. The molecule has 1 N–H and O–H groups in total. The van der Waals surface area contributed by atoms with Gasteiger partial charge in [0.1, 0.15) is 0 Å². The molecule has 0 fully saturated rings. The van der Waals surface area contributed by atoms with Crippen molar-refractivity contribution in [3.8, 4) is 0 Å². The fourth-order valence-corrected chi connectivity index (χ4v) is 5.74. The van der Waals surface area contributed by atoms with E-state index in [1.54, 1.807) is 0 Å². The van der Waals surface area contributed by atoms with Crippen LogP contribution in [0, 0.1) is 21.7 Å². The van der Waals surface area contributed by atoms with Gasteiger partial charge < -0.3 is 4.98 Å². The molecule has 3 aromatic heterocycles. The lowest BCUT2D eigenvalue weighted by atomic mass is 9.82. The van der Waals surface area contributed by atoms with Gasteiger partial charge in [-0.2, -0.15) is 4.98 Å². The fourth-order valence-electron chi connectivity index (χ4n) is 5.74. The van der Waals surface area contributed by atoms with Gasteiger partial charge in [0.05, 0.1) is 22.8 Å². The number of nitrogens with one attached hydrogen (secondary N) is 1. The summed E-state index contributed by atoms with van der Waals surface area (Å²) in [6.45, 7) is 27.8. The third-order valence-corrected chi connectivity index (χ3v) is 7.21. The number of aliphatic imine (C=N–C) groups is 1. The number of aromatic nitrogens is 7. The summed E-state index contributed by atoms with van der Waals surface area (Å²) in [4.78, 5) is 24.0. The topological polar surface area (TPSA) is 97.5 Å². The van der Waals surface area contributed by atoms with Crippen LogP contribution >= 0.6 is 0 Å². The molecule has 5 rings (SSSR count). The number of nitrogens with zero attached hydrogens (tertiary/aromatic N) is 7. The fraction of sp³-hybridized carbons (Fsp3) is 0.556. The minimum atomic E-state index is -0.0230. The van der Waals surface area contributed by atoms with Crippen LogP contribution in [0.1, 0.15) is 118 Å². The summed E-state index contributed by atoms with van der Waals surface area (Å²) < 4.78 is 2.06. The van der Waals surface area contributed by atoms with Gasteiger partial charge >= 0.3 is 0 Å². The van der Waals surface area contributed by atoms with Gasteiger partial charge in [0.25, 0.3) is 11.7 Å². The minimum Gasteiger partial charge on any atom is -0.355 e. The highest BCUT2D eigenvalue weighted by Gasteiger charge is 2.28. The Kier molecular flexibility index (Phi) is 7.96. The van der Waals surface area contributed by atoms with Crippen molar-refractivity contribution in [2.24, 2.45) is 26.7 Å². The monoisotopic (exact) mass is 594 g/mol. The molecule has 0 unspecified atom stereocenters. The zero-order valence-electron chi connectivity index (χ0n) is 28.8. The molecule has 8 nitrogen and oxygen atoms in total. The quantitative estimate of drug-likeness (QED) is 0.254. The minimum absolute atomic E-state index is 0.0128. The first-order chi connectivity index (χ1) is 20.2. The van der Waals surface area contributed by atoms with E-state index in [4.69, 9.17) is 19.9 Å². The average Bonchev–Trinajstić information content (AvgIpc) is 3.59. The van der Waals surface area contributed by atoms with Gasteiger partial charge in [-0.3, -0.25) is 4.57 Å². The number of fused-ring (bicyclic) bond motifs is 8.